The molecule has 1 aliphatic heterocycles. The Morgan fingerprint density at radius 3 is 2.50 bits per heavy atom. The molecule has 0 aromatic heterocycles. The van der Waals surface area contributed by atoms with Crippen LogP contribution in [0, 0.1) is 5.82 Å². The minimum atomic E-state index is -0.286. The largest absolute Gasteiger partial charge is 0.372 e. The van der Waals surface area contributed by atoms with Crippen LogP contribution in [0.2, 0.25) is 0 Å². The molecule has 2 aliphatic rings. The summed E-state index contributed by atoms with van der Waals surface area (Å²) in [6, 6.07) is 5.22. The molecule has 2 fully saturated rings. The number of urea groups is 1. The van der Waals surface area contributed by atoms with Crippen LogP contribution >= 0.6 is 0 Å². The van der Waals surface area contributed by atoms with E-state index in [2.05, 4.69) is 16.0 Å². The van der Waals surface area contributed by atoms with Crippen LogP contribution in [0.5, 0.6) is 0 Å². The molecule has 1 aromatic carbocycles. The summed E-state index contributed by atoms with van der Waals surface area (Å²) in [4.78, 5) is 26.0. The number of nitrogens with one attached hydrogen (secondary N) is 3. The predicted octanol–water partition coefficient (Wildman–Crippen LogP) is 3.47. The average molecular weight is 449 g/mol. The van der Waals surface area contributed by atoms with Gasteiger partial charge in [0.15, 0.2) is 0 Å². The van der Waals surface area contributed by atoms with Crippen LogP contribution < -0.4 is 20.9 Å². The molecule has 32 heavy (non-hydrogen) atoms. The van der Waals surface area contributed by atoms with Gasteiger partial charge < -0.3 is 25.6 Å². The van der Waals surface area contributed by atoms with Crippen molar-refractivity contribution in [2.45, 2.75) is 83.6 Å². The first-order chi connectivity index (χ1) is 15.4. The number of carbonyl (C=O) groups is 2. The van der Waals surface area contributed by atoms with E-state index in [4.69, 9.17) is 4.74 Å². The molecule has 3 N–H and O–H groups in total. The fourth-order valence-electron chi connectivity index (χ4n) is 4.51. The first-order valence-corrected chi connectivity index (χ1v) is 11.9. The Morgan fingerprint density at radius 2 is 1.81 bits per heavy atom. The lowest BCUT2D eigenvalue weighted by Gasteiger charge is -2.37. The highest BCUT2D eigenvalue weighted by Gasteiger charge is 2.24. The van der Waals surface area contributed by atoms with E-state index in [-0.39, 0.29) is 42.6 Å². The van der Waals surface area contributed by atoms with Crippen LogP contribution in [-0.2, 0) is 16.1 Å². The molecule has 1 saturated heterocycles. The Hall–Kier alpha value is -2.35. The Kier molecular flexibility index (Phi) is 9.14. The van der Waals surface area contributed by atoms with Gasteiger partial charge in [-0.05, 0) is 50.8 Å². The Bertz CT molecular complexity index is 760. The molecular formula is C24H37FN4O3. The number of ether oxygens (including phenoxy) is 1. The third kappa shape index (κ3) is 7.65. The number of nitrogens with zero attached hydrogens (tertiary/aromatic N) is 1. The molecule has 0 radical (unpaired) electrons. The molecule has 3 amide bonds. The smallest absolute Gasteiger partial charge is 0.315 e. The van der Waals surface area contributed by atoms with Gasteiger partial charge in [0.25, 0.3) is 0 Å². The summed E-state index contributed by atoms with van der Waals surface area (Å²) in [6.07, 6.45) is 6.67. The van der Waals surface area contributed by atoms with E-state index >= 15 is 0 Å². The van der Waals surface area contributed by atoms with E-state index in [9.17, 15) is 14.0 Å². The third-order valence-electron chi connectivity index (χ3n) is 6.07. The second kappa shape index (κ2) is 12.0. The molecular weight excluding hydrogens is 411 g/mol. The van der Waals surface area contributed by atoms with Crippen molar-refractivity contribution in [3.05, 3.63) is 29.6 Å². The molecule has 2 atom stereocenters. The lowest BCUT2D eigenvalue weighted by Crippen LogP contribution is -2.45. The number of rotatable bonds is 8. The number of amides is 3. The fourth-order valence-corrected chi connectivity index (χ4v) is 4.51. The monoisotopic (exact) mass is 448 g/mol. The van der Waals surface area contributed by atoms with E-state index in [0.29, 0.717) is 38.2 Å². The first-order valence-electron chi connectivity index (χ1n) is 11.9. The molecule has 0 bridgehead atoms. The lowest BCUT2D eigenvalue weighted by atomic mass is 9.96. The number of morpholine rings is 1. The van der Waals surface area contributed by atoms with Gasteiger partial charge in [-0.1, -0.05) is 25.3 Å². The molecule has 8 heteroatoms. The average Bonchev–Trinajstić information content (AvgIpc) is 2.75. The summed E-state index contributed by atoms with van der Waals surface area (Å²) in [7, 11) is 0. The Morgan fingerprint density at radius 1 is 1.09 bits per heavy atom. The minimum absolute atomic E-state index is 0.0601. The summed E-state index contributed by atoms with van der Waals surface area (Å²) < 4.78 is 20.4. The molecule has 1 aromatic rings. The van der Waals surface area contributed by atoms with Gasteiger partial charge in [-0.3, -0.25) is 4.79 Å². The minimum Gasteiger partial charge on any atom is -0.372 e. The second-order valence-electron chi connectivity index (χ2n) is 9.06. The number of anilines is 1. The zero-order valence-corrected chi connectivity index (χ0v) is 19.3. The topological polar surface area (TPSA) is 82.7 Å². The van der Waals surface area contributed by atoms with Gasteiger partial charge in [-0.15, -0.1) is 0 Å². The Balaban J connectivity index is 1.34. The van der Waals surface area contributed by atoms with Gasteiger partial charge in [0.2, 0.25) is 5.91 Å². The van der Waals surface area contributed by atoms with E-state index in [1.165, 1.54) is 25.3 Å². The van der Waals surface area contributed by atoms with Crippen molar-refractivity contribution in [2.75, 3.05) is 24.5 Å². The van der Waals surface area contributed by atoms with E-state index in [1.807, 2.05) is 24.8 Å². The van der Waals surface area contributed by atoms with Crippen molar-refractivity contribution < 1.29 is 18.7 Å². The SMILES string of the molecule is CC1CN(c2ccc(CNC(=O)CCCNC(=O)NC3CCCCC3)cc2F)CC(C)O1. The number of halogens is 1. The van der Waals surface area contributed by atoms with E-state index < -0.39 is 0 Å². The predicted molar refractivity (Wildman–Crippen MR) is 123 cm³/mol. The maximum atomic E-state index is 14.7. The molecule has 1 heterocycles. The standard InChI is InChI=1S/C24H37FN4O3/c1-17-15-29(16-18(2)32-17)22-11-10-19(13-21(22)25)14-27-23(30)9-6-12-26-24(31)28-20-7-4-3-5-8-20/h10-11,13,17-18,20H,3-9,12,14-16H2,1-2H3,(H,27,30)(H2,26,28,31). The molecule has 1 saturated carbocycles. The highest BCUT2D eigenvalue weighted by atomic mass is 19.1. The maximum absolute atomic E-state index is 14.7. The number of hydrogen-bond acceptors (Lipinski definition) is 4. The highest BCUT2D eigenvalue weighted by Crippen LogP contribution is 2.24. The fraction of sp³-hybridized carbons (Fsp3) is 0.667. The third-order valence-corrected chi connectivity index (χ3v) is 6.07. The van der Waals surface area contributed by atoms with Crippen molar-refractivity contribution in [2.24, 2.45) is 0 Å². The van der Waals surface area contributed by atoms with Crippen LogP contribution in [0.25, 0.3) is 0 Å². The van der Waals surface area contributed by atoms with Gasteiger partial charge in [0, 0.05) is 38.6 Å². The van der Waals surface area contributed by atoms with Gasteiger partial charge in [0.05, 0.1) is 17.9 Å². The maximum Gasteiger partial charge on any atom is 0.315 e. The number of carbonyl (C=O) groups excluding carboxylic acids is 2. The van der Waals surface area contributed by atoms with Gasteiger partial charge in [0.1, 0.15) is 5.82 Å². The second-order valence-corrected chi connectivity index (χ2v) is 9.06. The van der Waals surface area contributed by atoms with Crippen molar-refractivity contribution in [3.8, 4) is 0 Å². The van der Waals surface area contributed by atoms with Crippen LogP contribution in [0.4, 0.5) is 14.9 Å². The molecule has 2 unspecified atom stereocenters. The first kappa shape index (κ1) is 24.3. The molecule has 3 rings (SSSR count). The van der Waals surface area contributed by atoms with Crippen LogP contribution in [0.3, 0.4) is 0 Å². The number of benzene rings is 1. The van der Waals surface area contributed by atoms with Crippen molar-refractivity contribution in [1.82, 2.24) is 16.0 Å². The summed E-state index contributed by atoms with van der Waals surface area (Å²) in [5.74, 6) is -0.397. The molecule has 1 aliphatic carbocycles. The molecule has 0 spiro atoms. The van der Waals surface area contributed by atoms with Crippen molar-refractivity contribution in [3.63, 3.8) is 0 Å². The normalized spacial score (nSPS) is 21.8. The van der Waals surface area contributed by atoms with E-state index in [0.717, 1.165) is 18.4 Å². The van der Waals surface area contributed by atoms with Crippen LogP contribution in [0.15, 0.2) is 18.2 Å². The molecule has 178 valence electrons. The zero-order chi connectivity index (χ0) is 22.9. The molecule has 7 nitrogen and oxygen atoms in total. The summed E-state index contributed by atoms with van der Waals surface area (Å²) in [6.45, 7) is 6.02. The van der Waals surface area contributed by atoms with Crippen molar-refractivity contribution >= 4 is 17.6 Å². The van der Waals surface area contributed by atoms with Crippen LogP contribution in [-0.4, -0.2) is 49.8 Å². The number of hydrogen-bond donors (Lipinski definition) is 3. The van der Waals surface area contributed by atoms with Gasteiger partial charge in [-0.2, -0.15) is 0 Å². The summed E-state index contributed by atoms with van der Waals surface area (Å²) in [5, 5.41) is 8.64. The van der Waals surface area contributed by atoms with Gasteiger partial charge >= 0.3 is 6.03 Å². The van der Waals surface area contributed by atoms with Crippen LogP contribution in [0.1, 0.15) is 64.4 Å². The lowest BCUT2D eigenvalue weighted by molar-refractivity contribution is -0.121. The van der Waals surface area contributed by atoms with Crippen molar-refractivity contribution in [1.29, 1.82) is 0 Å². The Labute approximate surface area is 190 Å². The summed E-state index contributed by atoms with van der Waals surface area (Å²) >= 11 is 0. The zero-order valence-electron chi connectivity index (χ0n) is 19.3. The van der Waals surface area contributed by atoms with Gasteiger partial charge in [-0.25, -0.2) is 9.18 Å². The van der Waals surface area contributed by atoms with E-state index in [1.54, 1.807) is 6.07 Å². The summed E-state index contributed by atoms with van der Waals surface area (Å²) in [5.41, 5.74) is 1.29. The highest BCUT2D eigenvalue weighted by molar-refractivity contribution is 5.76. The quantitative estimate of drug-likeness (QED) is 0.532.